The zero-order valence-corrected chi connectivity index (χ0v) is 22.6. The van der Waals surface area contributed by atoms with Gasteiger partial charge in [-0.05, 0) is 65.9 Å². The molecule has 0 bridgehead atoms. The number of aryl methyl sites for hydroxylation is 1. The lowest BCUT2D eigenvalue weighted by atomic mass is 10.1. The average Bonchev–Trinajstić information content (AvgIpc) is 2.91. The minimum absolute atomic E-state index is 0.0564. The fourth-order valence-electron chi connectivity index (χ4n) is 4.41. The van der Waals surface area contributed by atoms with Gasteiger partial charge in [-0.15, -0.1) is 0 Å². The highest BCUT2D eigenvalue weighted by Crippen LogP contribution is 2.33. The molecule has 38 heavy (non-hydrogen) atoms. The summed E-state index contributed by atoms with van der Waals surface area (Å²) in [5, 5.41) is 12.4. The second kappa shape index (κ2) is 10.8. The minimum Gasteiger partial charge on any atom is -0.394 e. The van der Waals surface area contributed by atoms with Gasteiger partial charge in [-0.2, -0.15) is 0 Å². The number of anilines is 1. The van der Waals surface area contributed by atoms with Crippen molar-refractivity contribution in [1.29, 1.82) is 0 Å². The maximum Gasteiger partial charge on any atom is 0.264 e. The molecule has 8 nitrogen and oxygen atoms in total. The molecule has 0 fully saturated rings. The van der Waals surface area contributed by atoms with E-state index in [0.717, 1.165) is 22.4 Å². The Balaban J connectivity index is 1.54. The van der Waals surface area contributed by atoms with E-state index < -0.39 is 44.2 Å². The first-order valence-corrected chi connectivity index (χ1v) is 15.3. The van der Waals surface area contributed by atoms with E-state index in [0.29, 0.717) is 17.5 Å². The molecule has 1 atom stereocenters. The second-order valence-electron chi connectivity index (χ2n) is 8.97. The number of aliphatic hydroxyl groups is 1. The van der Waals surface area contributed by atoms with Gasteiger partial charge in [-0.3, -0.25) is 9.10 Å². The number of sulfone groups is 1. The predicted molar refractivity (Wildman–Crippen MR) is 142 cm³/mol. The number of fused-ring (bicyclic) bond motifs is 1. The molecular formula is C27H29FN2O6S2. The third kappa shape index (κ3) is 5.31. The fourth-order valence-corrected chi connectivity index (χ4v) is 7.00. The van der Waals surface area contributed by atoms with Crippen molar-refractivity contribution < 1.29 is 31.1 Å². The summed E-state index contributed by atoms with van der Waals surface area (Å²) in [5.74, 6) is -1.61. The normalized spacial score (nSPS) is 15.5. The maximum atomic E-state index is 15.2. The number of hydrogen-bond acceptors (Lipinski definition) is 6. The number of benzene rings is 3. The Bertz CT molecular complexity index is 1570. The highest BCUT2D eigenvalue weighted by Gasteiger charge is 2.33. The van der Waals surface area contributed by atoms with Gasteiger partial charge >= 0.3 is 0 Å². The van der Waals surface area contributed by atoms with Crippen molar-refractivity contribution in [2.45, 2.75) is 42.5 Å². The van der Waals surface area contributed by atoms with E-state index in [4.69, 9.17) is 0 Å². The summed E-state index contributed by atoms with van der Waals surface area (Å²) in [6.45, 7) is 3.11. The summed E-state index contributed by atoms with van der Waals surface area (Å²) < 4.78 is 66.7. The molecule has 11 heteroatoms. The third-order valence-corrected chi connectivity index (χ3v) is 10.3. The standard InChI is InChI=1S/C27H29FN2O6S2/c1-3-18-5-12-26-20(15-18)13-14-30(38(26,35)36)25-11-8-21(16-23(25)28)27(32)29-24(17-31)19-6-9-22(10-7-19)37(33,34)4-2/h5-12,15-16,24,31H,3-4,13-14,17H2,1-2H3,(H,29,32). The van der Waals surface area contributed by atoms with Crippen LogP contribution in [0.1, 0.15) is 46.9 Å². The molecule has 3 aromatic rings. The molecule has 0 saturated heterocycles. The van der Waals surface area contributed by atoms with Crippen LogP contribution in [0.3, 0.4) is 0 Å². The molecular weight excluding hydrogens is 531 g/mol. The van der Waals surface area contributed by atoms with Gasteiger partial charge in [0.05, 0.1) is 33.9 Å². The first kappa shape index (κ1) is 27.7. The second-order valence-corrected chi connectivity index (χ2v) is 13.1. The van der Waals surface area contributed by atoms with Crippen LogP contribution >= 0.6 is 0 Å². The molecule has 0 aromatic heterocycles. The van der Waals surface area contributed by atoms with E-state index in [2.05, 4.69) is 5.32 Å². The first-order valence-electron chi connectivity index (χ1n) is 12.2. The number of hydrogen-bond donors (Lipinski definition) is 2. The SMILES string of the molecule is CCc1ccc2c(c1)CCN(c1ccc(C(=O)NC(CO)c3ccc(S(=O)(=O)CC)cc3)cc1F)S2(=O)=O. The molecule has 202 valence electrons. The summed E-state index contributed by atoms with van der Waals surface area (Å²) in [5.41, 5.74) is 1.98. The van der Waals surface area contributed by atoms with Crippen LogP contribution in [0, 0.1) is 5.82 Å². The van der Waals surface area contributed by atoms with Crippen LogP contribution in [-0.4, -0.2) is 46.8 Å². The van der Waals surface area contributed by atoms with Crippen LogP contribution in [0.4, 0.5) is 10.1 Å². The number of sulfonamides is 1. The molecule has 2 N–H and O–H groups in total. The summed E-state index contributed by atoms with van der Waals surface area (Å²) in [6, 6.07) is 13.6. The monoisotopic (exact) mass is 560 g/mol. The zero-order chi connectivity index (χ0) is 27.7. The number of nitrogens with one attached hydrogen (secondary N) is 1. The van der Waals surface area contributed by atoms with Crippen LogP contribution in [0.15, 0.2) is 70.5 Å². The number of nitrogens with zero attached hydrogens (tertiary/aromatic N) is 1. The van der Waals surface area contributed by atoms with E-state index in [1.165, 1.54) is 43.3 Å². The number of carbonyl (C=O) groups excluding carboxylic acids is 1. The van der Waals surface area contributed by atoms with Crippen molar-refractivity contribution in [2.75, 3.05) is 23.2 Å². The molecule has 0 saturated carbocycles. The molecule has 0 spiro atoms. The summed E-state index contributed by atoms with van der Waals surface area (Å²) in [4.78, 5) is 13.1. The van der Waals surface area contributed by atoms with Crippen LogP contribution in [0.2, 0.25) is 0 Å². The summed E-state index contributed by atoms with van der Waals surface area (Å²) >= 11 is 0. The van der Waals surface area contributed by atoms with E-state index >= 15 is 4.39 Å². The minimum atomic E-state index is -3.97. The summed E-state index contributed by atoms with van der Waals surface area (Å²) in [7, 11) is -7.37. The molecule has 3 aromatic carbocycles. The van der Waals surface area contributed by atoms with Gasteiger partial charge in [0.1, 0.15) is 5.82 Å². The average molecular weight is 561 g/mol. The van der Waals surface area contributed by atoms with E-state index in [1.54, 1.807) is 12.1 Å². The van der Waals surface area contributed by atoms with Crippen LogP contribution in [0.25, 0.3) is 0 Å². The van der Waals surface area contributed by atoms with Gasteiger partial charge in [0.2, 0.25) is 0 Å². The Hall–Kier alpha value is -3.28. The highest BCUT2D eigenvalue weighted by molar-refractivity contribution is 7.93. The quantitative estimate of drug-likeness (QED) is 0.436. The predicted octanol–water partition coefficient (Wildman–Crippen LogP) is 3.40. The van der Waals surface area contributed by atoms with Crippen molar-refractivity contribution in [3.05, 3.63) is 88.7 Å². The molecule has 1 heterocycles. The number of rotatable bonds is 8. The largest absolute Gasteiger partial charge is 0.394 e. The Morgan fingerprint density at radius 3 is 2.39 bits per heavy atom. The fraction of sp³-hybridized carbons (Fsp3) is 0.296. The lowest BCUT2D eigenvalue weighted by Crippen LogP contribution is -2.38. The highest BCUT2D eigenvalue weighted by atomic mass is 32.2. The van der Waals surface area contributed by atoms with Crippen molar-refractivity contribution >= 4 is 31.5 Å². The molecule has 0 radical (unpaired) electrons. The molecule has 0 aliphatic carbocycles. The number of carbonyl (C=O) groups is 1. The Labute approximate surface area is 222 Å². The Morgan fingerprint density at radius 1 is 1.08 bits per heavy atom. The molecule has 1 amide bonds. The third-order valence-electron chi connectivity index (χ3n) is 6.67. The van der Waals surface area contributed by atoms with Gasteiger partial charge in [-0.1, -0.05) is 38.1 Å². The van der Waals surface area contributed by atoms with Crippen molar-refractivity contribution in [3.63, 3.8) is 0 Å². The van der Waals surface area contributed by atoms with Gasteiger partial charge in [0, 0.05) is 12.1 Å². The number of halogens is 1. The van der Waals surface area contributed by atoms with Crippen LogP contribution < -0.4 is 9.62 Å². The van der Waals surface area contributed by atoms with E-state index in [-0.39, 0.29) is 33.3 Å². The summed E-state index contributed by atoms with van der Waals surface area (Å²) in [6.07, 6.45) is 1.21. The van der Waals surface area contributed by atoms with E-state index in [1.807, 2.05) is 13.0 Å². The van der Waals surface area contributed by atoms with Crippen molar-refractivity contribution in [2.24, 2.45) is 0 Å². The zero-order valence-electron chi connectivity index (χ0n) is 21.0. The molecule has 1 aliphatic rings. The van der Waals surface area contributed by atoms with Crippen molar-refractivity contribution in [1.82, 2.24) is 5.32 Å². The topological polar surface area (TPSA) is 121 Å². The molecule has 4 rings (SSSR count). The Kier molecular flexibility index (Phi) is 7.91. The maximum absolute atomic E-state index is 15.2. The van der Waals surface area contributed by atoms with Gasteiger partial charge < -0.3 is 10.4 Å². The van der Waals surface area contributed by atoms with E-state index in [9.17, 15) is 26.7 Å². The number of amides is 1. The van der Waals surface area contributed by atoms with Crippen LogP contribution in [-0.2, 0) is 32.7 Å². The number of aliphatic hydroxyl groups excluding tert-OH is 1. The lowest BCUT2D eigenvalue weighted by molar-refractivity contribution is 0.0915. The smallest absolute Gasteiger partial charge is 0.264 e. The first-order chi connectivity index (χ1) is 18.0. The van der Waals surface area contributed by atoms with Gasteiger partial charge in [0.25, 0.3) is 15.9 Å². The van der Waals surface area contributed by atoms with Gasteiger partial charge in [0.15, 0.2) is 9.84 Å². The molecule has 1 unspecified atom stereocenters. The van der Waals surface area contributed by atoms with Crippen molar-refractivity contribution in [3.8, 4) is 0 Å². The van der Waals surface area contributed by atoms with Gasteiger partial charge in [-0.25, -0.2) is 21.2 Å². The Morgan fingerprint density at radius 2 is 1.79 bits per heavy atom. The molecule has 1 aliphatic heterocycles. The lowest BCUT2D eigenvalue weighted by Gasteiger charge is -2.30. The van der Waals surface area contributed by atoms with Crippen LogP contribution in [0.5, 0.6) is 0 Å².